The number of para-hydroxylation sites is 1. The monoisotopic (exact) mass is 534 g/mol. The molecule has 5 rings (SSSR count). The number of thioether (sulfide) groups is 1. The van der Waals surface area contributed by atoms with Crippen LogP contribution in [0.2, 0.25) is 0 Å². The first-order valence-electron chi connectivity index (χ1n) is 11.9. The molecule has 3 heterocycles. The lowest BCUT2D eigenvalue weighted by atomic mass is 10.1. The van der Waals surface area contributed by atoms with Crippen LogP contribution in [0.5, 0.6) is 5.75 Å². The fourth-order valence-corrected chi connectivity index (χ4v) is 5.78. The van der Waals surface area contributed by atoms with E-state index in [1.54, 1.807) is 12.5 Å². The third-order valence-corrected chi connectivity index (χ3v) is 7.90. The van der Waals surface area contributed by atoms with Gasteiger partial charge in [-0.05, 0) is 43.5 Å². The van der Waals surface area contributed by atoms with E-state index in [0.717, 1.165) is 34.8 Å². The van der Waals surface area contributed by atoms with Crippen molar-refractivity contribution in [1.82, 2.24) is 30.4 Å². The third-order valence-electron chi connectivity index (χ3n) is 5.93. The molecule has 11 heteroatoms. The van der Waals surface area contributed by atoms with Crippen molar-refractivity contribution in [2.45, 2.75) is 36.2 Å². The number of carbonyl (C=O) groups excluding carboxylic acids is 2. The maximum absolute atomic E-state index is 12.7. The summed E-state index contributed by atoms with van der Waals surface area (Å²) in [5.74, 6) is 1.49. The van der Waals surface area contributed by atoms with Crippen LogP contribution < -0.4 is 15.4 Å². The summed E-state index contributed by atoms with van der Waals surface area (Å²) < 4.78 is 7.40. The summed E-state index contributed by atoms with van der Waals surface area (Å²) in [5.41, 5.74) is 2.14. The first kappa shape index (κ1) is 25.0. The molecular weight excluding hydrogens is 508 g/mol. The van der Waals surface area contributed by atoms with E-state index in [0.29, 0.717) is 35.4 Å². The number of hydrogen-bond acceptors (Lipinski definition) is 8. The minimum atomic E-state index is -0.519. The van der Waals surface area contributed by atoms with Crippen LogP contribution in [-0.4, -0.2) is 51.3 Å². The van der Waals surface area contributed by atoms with Gasteiger partial charge < -0.3 is 15.4 Å². The highest BCUT2D eigenvalue weighted by Crippen LogP contribution is 2.31. The first-order chi connectivity index (χ1) is 18.1. The van der Waals surface area contributed by atoms with Crippen LogP contribution in [0.4, 0.5) is 0 Å². The predicted octanol–water partition coefficient (Wildman–Crippen LogP) is 4.09. The van der Waals surface area contributed by atoms with Crippen molar-refractivity contribution in [1.29, 1.82) is 0 Å². The minimum absolute atomic E-state index is 0.135. The first-order valence-corrected chi connectivity index (χ1v) is 13.8. The van der Waals surface area contributed by atoms with Crippen LogP contribution in [-0.2, 0) is 10.5 Å². The summed E-state index contributed by atoms with van der Waals surface area (Å²) in [7, 11) is 1.64. The Morgan fingerprint density at radius 1 is 1.19 bits per heavy atom. The highest BCUT2D eigenvalue weighted by Gasteiger charge is 2.24. The number of thiazole rings is 1. The number of hydrogen-bond donors (Lipinski definition) is 2. The molecule has 9 nitrogen and oxygen atoms in total. The summed E-state index contributed by atoms with van der Waals surface area (Å²) in [6, 6.07) is 17.1. The molecule has 1 atom stereocenters. The second-order valence-corrected chi connectivity index (χ2v) is 10.3. The molecule has 2 aromatic heterocycles. The van der Waals surface area contributed by atoms with Gasteiger partial charge >= 0.3 is 0 Å². The summed E-state index contributed by atoms with van der Waals surface area (Å²) >= 11 is 2.90. The van der Waals surface area contributed by atoms with Gasteiger partial charge in [-0.25, -0.2) is 4.98 Å². The molecule has 0 bridgehead atoms. The zero-order valence-corrected chi connectivity index (χ0v) is 21.8. The lowest BCUT2D eigenvalue weighted by Gasteiger charge is -2.14. The van der Waals surface area contributed by atoms with Crippen LogP contribution in [0.3, 0.4) is 0 Å². The van der Waals surface area contributed by atoms with Crippen LogP contribution in [0.25, 0.3) is 17.1 Å². The fourth-order valence-electron chi connectivity index (χ4n) is 4.04. The summed E-state index contributed by atoms with van der Waals surface area (Å²) in [4.78, 5) is 29.4. The Hall–Kier alpha value is -3.70. The van der Waals surface area contributed by atoms with Crippen molar-refractivity contribution in [2.24, 2.45) is 0 Å². The summed E-state index contributed by atoms with van der Waals surface area (Å²) in [6.07, 6.45) is 2.45. The van der Waals surface area contributed by atoms with E-state index in [1.807, 2.05) is 59.2 Å². The zero-order valence-electron chi connectivity index (χ0n) is 20.2. The number of methoxy groups -OCH3 is 1. The molecule has 0 aliphatic carbocycles. The molecule has 1 saturated heterocycles. The van der Waals surface area contributed by atoms with Crippen LogP contribution >= 0.6 is 23.1 Å². The average Bonchev–Trinajstić information content (AvgIpc) is 3.54. The molecular formula is C26H26N6O3S2. The topological polar surface area (TPSA) is 111 Å². The van der Waals surface area contributed by atoms with Crippen molar-refractivity contribution in [3.05, 3.63) is 70.7 Å². The summed E-state index contributed by atoms with van der Waals surface area (Å²) in [5, 5.41) is 17.8. The molecule has 0 saturated carbocycles. The maximum Gasteiger partial charge on any atom is 0.271 e. The van der Waals surface area contributed by atoms with Crippen LogP contribution in [0, 0.1) is 0 Å². The molecule has 2 N–H and O–H groups in total. The molecule has 0 spiro atoms. The van der Waals surface area contributed by atoms with Gasteiger partial charge in [0.15, 0.2) is 11.0 Å². The Morgan fingerprint density at radius 3 is 2.89 bits per heavy atom. The Kier molecular flexibility index (Phi) is 7.81. The molecule has 1 fully saturated rings. The van der Waals surface area contributed by atoms with Crippen molar-refractivity contribution >= 4 is 34.9 Å². The second kappa shape index (κ2) is 11.6. The molecule has 0 radical (unpaired) electrons. The fraction of sp³-hybridized carbons (Fsp3) is 0.269. The van der Waals surface area contributed by atoms with Gasteiger partial charge in [0.25, 0.3) is 5.91 Å². The Balaban J connectivity index is 1.33. The van der Waals surface area contributed by atoms with Crippen molar-refractivity contribution in [2.75, 3.05) is 13.7 Å². The number of benzene rings is 2. The van der Waals surface area contributed by atoms with Gasteiger partial charge in [-0.1, -0.05) is 42.1 Å². The normalized spacial score (nSPS) is 15.6. The van der Waals surface area contributed by atoms with Crippen LogP contribution in [0.15, 0.2) is 65.1 Å². The molecule has 4 aromatic rings. The van der Waals surface area contributed by atoms with Gasteiger partial charge in [-0.2, -0.15) is 0 Å². The third kappa shape index (κ3) is 5.83. The largest absolute Gasteiger partial charge is 0.497 e. The van der Waals surface area contributed by atoms with Crippen molar-refractivity contribution in [3.8, 4) is 22.8 Å². The molecule has 190 valence electrons. The minimum Gasteiger partial charge on any atom is -0.497 e. The number of nitrogens with zero attached hydrogens (tertiary/aromatic N) is 4. The average molecular weight is 535 g/mol. The Bertz CT molecular complexity index is 1390. The molecule has 2 amide bonds. The Morgan fingerprint density at radius 2 is 2.05 bits per heavy atom. The molecule has 1 aliphatic heterocycles. The SMILES string of the molecule is COc1cccc(-c2nnc(SCc3nc(C(=O)NC4CCCCNC4=O)cs3)n2-c2ccccc2)c1. The van der Waals surface area contributed by atoms with Crippen molar-refractivity contribution in [3.63, 3.8) is 0 Å². The lowest BCUT2D eigenvalue weighted by molar-refractivity contribution is -0.122. The van der Waals surface area contributed by atoms with E-state index in [4.69, 9.17) is 4.74 Å². The second-order valence-electron chi connectivity index (χ2n) is 8.44. The van der Waals surface area contributed by atoms with E-state index >= 15 is 0 Å². The van der Waals surface area contributed by atoms with E-state index in [1.165, 1.54) is 23.1 Å². The van der Waals surface area contributed by atoms with Gasteiger partial charge in [0.2, 0.25) is 5.91 Å². The highest BCUT2D eigenvalue weighted by molar-refractivity contribution is 7.98. The molecule has 37 heavy (non-hydrogen) atoms. The number of ether oxygens (including phenoxy) is 1. The smallest absolute Gasteiger partial charge is 0.271 e. The van der Waals surface area contributed by atoms with Gasteiger partial charge in [-0.3, -0.25) is 14.2 Å². The van der Waals surface area contributed by atoms with Gasteiger partial charge in [0.05, 0.1) is 12.9 Å². The number of carbonyl (C=O) groups is 2. The quantitative estimate of drug-likeness (QED) is 0.328. The van der Waals surface area contributed by atoms with Gasteiger partial charge in [0, 0.05) is 23.2 Å². The summed E-state index contributed by atoms with van der Waals surface area (Å²) in [6.45, 7) is 0.649. The standard InChI is InChI=1S/C26H26N6O3S2/c1-35-19-11-7-8-17(14-19)23-30-31-26(32(23)18-9-3-2-4-10-18)37-16-22-28-21(15-36-22)25(34)29-20-12-5-6-13-27-24(20)33/h2-4,7-11,14-15,20H,5-6,12-13,16H2,1H3,(H,27,33)(H,29,34). The van der Waals surface area contributed by atoms with Gasteiger partial charge in [-0.15, -0.1) is 21.5 Å². The van der Waals surface area contributed by atoms with Crippen LogP contribution in [0.1, 0.15) is 34.8 Å². The lowest BCUT2D eigenvalue weighted by Crippen LogP contribution is -2.45. The number of rotatable bonds is 8. The zero-order chi connectivity index (χ0) is 25.6. The highest BCUT2D eigenvalue weighted by atomic mass is 32.2. The van der Waals surface area contributed by atoms with E-state index < -0.39 is 6.04 Å². The number of aromatic nitrogens is 4. The van der Waals surface area contributed by atoms with E-state index in [-0.39, 0.29) is 11.8 Å². The Labute approximate surface area is 222 Å². The molecule has 1 aliphatic rings. The number of nitrogens with one attached hydrogen (secondary N) is 2. The molecule has 1 unspecified atom stereocenters. The van der Waals surface area contributed by atoms with E-state index in [9.17, 15) is 9.59 Å². The molecule has 2 aromatic carbocycles. The van der Waals surface area contributed by atoms with E-state index in [2.05, 4.69) is 25.8 Å². The van der Waals surface area contributed by atoms with Crippen molar-refractivity contribution < 1.29 is 14.3 Å². The predicted molar refractivity (Wildman–Crippen MR) is 143 cm³/mol. The van der Waals surface area contributed by atoms with Gasteiger partial charge in [0.1, 0.15) is 22.5 Å². The number of amides is 2. The maximum atomic E-state index is 12.7.